The van der Waals surface area contributed by atoms with Gasteiger partial charge in [0, 0.05) is 0 Å². The highest BCUT2D eigenvalue weighted by Gasteiger charge is 2.39. The van der Waals surface area contributed by atoms with Crippen LogP contribution >= 0.6 is 0 Å². The lowest BCUT2D eigenvalue weighted by Crippen LogP contribution is -2.49. The van der Waals surface area contributed by atoms with Gasteiger partial charge in [0.15, 0.2) is 8.32 Å². The number of allylic oxidation sites excluding steroid dienone is 1. The number of hydrogen-bond donors (Lipinski definition) is 0. The zero-order valence-corrected chi connectivity index (χ0v) is 22.1. The molecule has 0 atom stereocenters. The largest absolute Gasteiger partial charge is 0.452 e. The predicted octanol–water partition coefficient (Wildman–Crippen LogP) is 8.26. The molecule has 0 aliphatic rings. The summed E-state index contributed by atoms with van der Waals surface area (Å²) in [5, 5.41) is 8.99. The average Bonchev–Trinajstić information content (AvgIpc) is 2.84. The molecule has 31 heavy (non-hydrogen) atoms. The number of hydrogen-bond acceptors (Lipinski definition) is 2. The van der Waals surface area contributed by atoms with E-state index in [4.69, 9.17) is 9.38 Å². The molecule has 0 amide bonds. The van der Waals surface area contributed by atoms with E-state index in [9.17, 15) is 0 Å². The molecule has 0 aromatic heterocycles. The van der Waals surface area contributed by atoms with E-state index in [1.165, 1.54) is 41.3 Å². The smallest absolute Gasteiger partial charge is 0.204 e. The van der Waals surface area contributed by atoms with E-state index in [1.807, 2.05) is 24.3 Å². The van der Waals surface area contributed by atoms with E-state index in [1.54, 1.807) is 0 Å². The van der Waals surface area contributed by atoms with Crippen molar-refractivity contribution in [1.82, 2.24) is 0 Å². The first-order valence-electron chi connectivity index (χ1n) is 12.0. The highest BCUT2D eigenvalue weighted by molar-refractivity contribution is 6.89. The fraction of sp³-hybridized carbons (Fsp3) is 0.444. The van der Waals surface area contributed by atoms with Gasteiger partial charge in [-0.25, -0.2) is 0 Å². The van der Waals surface area contributed by atoms with E-state index in [2.05, 4.69) is 76.7 Å². The van der Waals surface area contributed by atoms with Crippen LogP contribution in [0.2, 0.25) is 30.2 Å². The van der Waals surface area contributed by atoms with Crippen molar-refractivity contribution in [2.75, 3.05) is 0 Å². The molecular formula is C27H39NOSi2. The Kier molecular flexibility index (Phi) is 9.96. The molecule has 0 N–H and O–H groups in total. The van der Waals surface area contributed by atoms with Gasteiger partial charge in [0.05, 0.1) is 11.6 Å². The molecule has 0 saturated carbocycles. The SMILES string of the molecule is CCC=C[Si](CC)(CC)O[Si](CC)(CC)CCc1ccc(-c2ccc(C#N)cc2)cc1. The van der Waals surface area contributed by atoms with Crippen molar-refractivity contribution in [3.05, 3.63) is 71.4 Å². The van der Waals surface area contributed by atoms with Gasteiger partial charge in [-0.2, -0.15) is 5.26 Å². The number of rotatable bonds is 12. The monoisotopic (exact) mass is 449 g/mol. The van der Waals surface area contributed by atoms with Crippen molar-refractivity contribution in [3.8, 4) is 17.2 Å². The first-order valence-corrected chi connectivity index (χ1v) is 16.9. The molecule has 2 nitrogen and oxygen atoms in total. The van der Waals surface area contributed by atoms with Gasteiger partial charge in [-0.3, -0.25) is 0 Å². The molecule has 0 radical (unpaired) electrons. The summed E-state index contributed by atoms with van der Waals surface area (Å²) in [7, 11) is -3.54. The van der Waals surface area contributed by atoms with Crippen LogP contribution in [0, 0.1) is 11.3 Å². The van der Waals surface area contributed by atoms with Crippen molar-refractivity contribution in [1.29, 1.82) is 5.26 Å². The van der Waals surface area contributed by atoms with Crippen molar-refractivity contribution in [2.45, 2.75) is 77.7 Å². The minimum Gasteiger partial charge on any atom is -0.452 e. The van der Waals surface area contributed by atoms with E-state index in [0.717, 1.165) is 18.4 Å². The summed E-state index contributed by atoms with van der Waals surface area (Å²) in [4.78, 5) is 0. The zero-order valence-electron chi connectivity index (χ0n) is 20.1. The Hall–Kier alpha value is -1.94. The molecule has 2 aromatic rings. The molecule has 166 valence electrons. The van der Waals surface area contributed by atoms with Crippen molar-refractivity contribution < 1.29 is 4.12 Å². The Morgan fingerprint density at radius 2 is 1.35 bits per heavy atom. The Balaban J connectivity index is 2.13. The maximum absolute atomic E-state index is 8.99. The normalized spacial score (nSPS) is 12.3. The molecule has 4 heteroatoms. The van der Waals surface area contributed by atoms with Gasteiger partial charge in [0.2, 0.25) is 8.32 Å². The first kappa shape index (κ1) is 25.3. The van der Waals surface area contributed by atoms with Crippen LogP contribution in [-0.4, -0.2) is 16.6 Å². The predicted molar refractivity (Wildman–Crippen MR) is 139 cm³/mol. The molecule has 0 unspecified atom stereocenters. The van der Waals surface area contributed by atoms with Crippen LogP contribution in [0.15, 0.2) is 60.3 Å². The first-order chi connectivity index (χ1) is 15.0. The summed E-state index contributed by atoms with van der Waals surface area (Å²) in [6, 6.07) is 24.9. The van der Waals surface area contributed by atoms with Crippen LogP contribution in [-0.2, 0) is 10.5 Å². The van der Waals surface area contributed by atoms with Crippen molar-refractivity contribution in [2.24, 2.45) is 0 Å². The van der Waals surface area contributed by atoms with E-state index in [-0.39, 0.29) is 0 Å². The second-order valence-corrected chi connectivity index (χ2v) is 17.4. The lowest BCUT2D eigenvalue weighted by molar-refractivity contribution is 0.519. The molecule has 2 rings (SSSR count). The number of benzene rings is 2. The lowest BCUT2D eigenvalue weighted by Gasteiger charge is -2.40. The molecule has 0 heterocycles. The third kappa shape index (κ3) is 6.77. The molecule has 0 aliphatic carbocycles. The van der Waals surface area contributed by atoms with Crippen LogP contribution in [0.1, 0.15) is 52.2 Å². The molecule has 0 fully saturated rings. The number of nitrogens with zero attached hydrogens (tertiary/aromatic N) is 1. The van der Waals surface area contributed by atoms with Gasteiger partial charge in [0.1, 0.15) is 0 Å². The minimum absolute atomic E-state index is 0.702. The Morgan fingerprint density at radius 1 is 0.806 bits per heavy atom. The maximum Gasteiger partial charge on any atom is 0.204 e. The van der Waals surface area contributed by atoms with Crippen LogP contribution in [0.4, 0.5) is 0 Å². The van der Waals surface area contributed by atoms with Gasteiger partial charge in [0.25, 0.3) is 0 Å². The summed E-state index contributed by atoms with van der Waals surface area (Å²) in [6.07, 6.45) is 4.53. The summed E-state index contributed by atoms with van der Waals surface area (Å²) < 4.78 is 7.23. The standard InChI is InChI=1S/C27H39NOSi2/c1-6-11-21-30(7-2,8-3)29-31(9-4,10-5)22-20-24-12-16-26(17-13-24)27-18-14-25(23-28)15-19-27/h11-19,21H,6-10,20,22H2,1-5H3. The molecule has 0 bridgehead atoms. The molecule has 2 aromatic carbocycles. The summed E-state index contributed by atoms with van der Waals surface area (Å²) in [5.41, 5.74) is 6.93. The third-order valence-electron chi connectivity index (χ3n) is 6.73. The summed E-state index contributed by atoms with van der Waals surface area (Å²) >= 11 is 0. The zero-order chi connectivity index (χ0) is 22.7. The van der Waals surface area contributed by atoms with Crippen LogP contribution in [0.25, 0.3) is 11.1 Å². The number of nitriles is 1. The maximum atomic E-state index is 8.99. The van der Waals surface area contributed by atoms with E-state index >= 15 is 0 Å². The molecular weight excluding hydrogens is 410 g/mol. The highest BCUT2D eigenvalue weighted by atomic mass is 28.4. The van der Waals surface area contributed by atoms with Gasteiger partial charge in [-0.05, 0) is 71.9 Å². The summed E-state index contributed by atoms with van der Waals surface area (Å²) in [5.74, 6) is 0. The topological polar surface area (TPSA) is 33.0 Å². The average molecular weight is 450 g/mol. The van der Waals surface area contributed by atoms with E-state index < -0.39 is 16.6 Å². The van der Waals surface area contributed by atoms with Crippen molar-refractivity contribution in [3.63, 3.8) is 0 Å². The quantitative estimate of drug-likeness (QED) is 0.305. The van der Waals surface area contributed by atoms with E-state index in [0.29, 0.717) is 5.56 Å². The van der Waals surface area contributed by atoms with Gasteiger partial charge in [-0.1, -0.05) is 82.8 Å². The minimum atomic E-state index is -1.78. The third-order valence-corrected chi connectivity index (χ3v) is 17.1. The van der Waals surface area contributed by atoms with Crippen LogP contribution < -0.4 is 0 Å². The number of aryl methyl sites for hydroxylation is 1. The lowest BCUT2D eigenvalue weighted by atomic mass is 10.0. The van der Waals surface area contributed by atoms with Crippen LogP contribution in [0.3, 0.4) is 0 Å². The Morgan fingerprint density at radius 3 is 1.81 bits per heavy atom. The molecule has 0 saturated heterocycles. The fourth-order valence-electron chi connectivity index (χ4n) is 4.20. The Labute approximate surface area is 192 Å². The second kappa shape index (κ2) is 12.2. The molecule has 0 spiro atoms. The Bertz CT molecular complexity index is 858. The van der Waals surface area contributed by atoms with Crippen molar-refractivity contribution >= 4 is 16.6 Å². The van der Waals surface area contributed by atoms with Crippen LogP contribution in [0.5, 0.6) is 0 Å². The summed E-state index contributed by atoms with van der Waals surface area (Å²) in [6.45, 7) is 11.5. The highest BCUT2D eigenvalue weighted by Crippen LogP contribution is 2.32. The second-order valence-electron chi connectivity index (χ2n) is 8.46. The van der Waals surface area contributed by atoms with Gasteiger partial charge in [-0.15, -0.1) is 0 Å². The molecule has 0 aliphatic heterocycles. The van der Waals surface area contributed by atoms with Gasteiger partial charge < -0.3 is 4.12 Å². The fourth-order valence-corrected chi connectivity index (χ4v) is 14.2. The van der Waals surface area contributed by atoms with Gasteiger partial charge >= 0.3 is 0 Å².